The molecule has 0 amide bonds. The number of aromatic nitrogens is 2. The van der Waals surface area contributed by atoms with E-state index in [1.165, 1.54) is 18.2 Å². The van der Waals surface area contributed by atoms with E-state index in [2.05, 4.69) is 5.48 Å². The predicted molar refractivity (Wildman–Crippen MR) is 85.8 cm³/mol. The predicted octanol–water partition coefficient (Wildman–Crippen LogP) is 2.25. The third kappa shape index (κ3) is 4.12. The topological polar surface area (TPSA) is 65.3 Å². The van der Waals surface area contributed by atoms with Gasteiger partial charge in [0.05, 0.1) is 12.3 Å². The molecule has 0 saturated heterocycles. The van der Waals surface area contributed by atoms with Crippen LogP contribution in [0.3, 0.4) is 0 Å². The molecular formula is C15H15ClF3N3O3. The van der Waals surface area contributed by atoms with Gasteiger partial charge in [-0.2, -0.15) is 18.7 Å². The highest BCUT2D eigenvalue weighted by Crippen LogP contribution is 2.27. The lowest BCUT2D eigenvalue weighted by atomic mass is 10.2. The Labute approximate surface area is 145 Å². The maximum atomic E-state index is 12.9. The van der Waals surface area contributed by atoms with Crippen LogP contribution in [-0.4, -0.2) is 15.7 Å². The first-order chi connectivity index (χ1) is 11.7. The fourth-order valence-electron chi connectivity index (χ4n) is 2.20. The van der Waals surface area contributed by atoms with Crippen molar-refractivity contribution in [3.05, 3.63) is 61.4 Å². The van der Waals surface area contributed by atoms with E-state index in [0.717, 1.165) is 7.05 Å². The number of nitrogens with one attached hydrogen (secondary N) is 1. The monoisotopic (exact) mass is 377 g/mol. The Morgan fingerprint density at radius 3 is 2.52 bits per heavy atom. The molecule has 136 valence electrons. The molecule has 10 heteroatoms. The molecule has 1 aromatic carbocycles. The van der Waals surface area contributed by atoms with Gasteiger partial charge < -0.3 is 4.84 Å². The summed E-state index contributed by atoms with van der Waals surface area (Å²) in [6, 6.07) is 4.64. The molecule has 0 saturated carbocycles. The Morgan fingerprint density at radius 2 is 1.92 bits per heavy atom. The molecule has 0 bridgehead atoms. The molecule has 2 aromatic rings. The van der Waals surface area contributed by atoms with Crippen LogP contribution in [0.5, 0.6) is 0 Å². The van der Waals surface area contributed by atoms with Gasteiger partial charge in [-0.05, 0) is 30.7 Å². The van der Waals surface area contributed by atoms with Gasteiger partial charge >= 0.3 is 11.9 Å². The van der Waals surface area contributed by atoms with Crippen LogP contribution < -0.4 is 16.7 Å². The van der Waals surface area contributed by atoms with E-state index in [1.54, 1.807) is 6.92 Å². The summed E-state index contributed by atoms with van der Waals surface area (Å²) >= 11 is 6.04. The van der Waals surface area contributed by atoms with E-state index in [1.807, 2.05) is 0 Å². The molecule has 1 N–H and O–H groups in total. The van der Waals surface area contributed by atoms with Crippen molar-refractivity contribution in [3.63, 3.8) is 0 Å². The maximum absolute atomic E-state index is 12.9. The molecule has 6 nitrogen and oxygen atoms in total. The standard InChI is InChI=1S/C15H15ClF3N3O3/c1-3-25-20-8-9-6-10(4-5-11(9)16)22-13(23)7-12(15(17,18)19)21(2)14(22)24/h4-7,20H,3,8H2,1-2H3. The van der Waals surface area contributed by atoms with E-state index in [9.17, 15) is 22.8 Å². The second-order valence-electron chi connectivity index (χ2n) is 5.07. The highest BCUT2D eigenvalue weighted by atomic mass is 35.5. The van der Waals surface area contributed by atoms with Crippen molar-refractivity contribution in [2.24, 2.45) is 7.05 Å². The van der Waals surface area contributed by atoms with E-state index < -0.39 is 23.1 Å². The number of hydrogen-bond acceptors (Lipinski definition) is 4. The summed E-state index contributed by atoms with van der Waals surface area (Å²) in [6.45, 7) is 2.38. The molecule has 0 radical (unpaired) electrons. The molecular weight excluding hydrogens is 363 g/mol. The summed E-state index contributed by atoms with van der Waals surface area (Å²) in [5, 5.41) is 0.354. The molecule has 1 aromatic heterocycles. The van der Waals surface area contributed by atoms with Crippen LogP contribution in [0.25, 0.3) is 5.69 Å². The zero-order chi connectivity index (χ0) is 18.8. The van der Waals surface area contributed by atoms with Gasteiger partial charge in [-0.3, -0.25) is 9.36 Å². The van der Waals surface area contributed by atoms with Crippen molar-refractivity contribution in [1.29, 1.82) is 0 Å². The Bertz CT molecular complexity index is 890. The number of hydrogen-bond donors (Lipinski definition) is 1. The smallest absolute Gasteiger partial charge is 0.302 e. The number of benzene rings is 1. The van der Waals surface area contributed by atoms with Gasteiger partial charge in [-0.15, -0.1) is 0 Å². The van der Waals surface area contributed by atoms with Crippen molar-refractivity contribution in [1.82, 2.24) is 14.6 Å². The Morgan fingerprint density at radius 1 is 1.24 bits per heavy atom. The van der Waals surface area contributed by atoms with E-state index in [0.29, 0.717) is 32.4 Å². The van der Waals surface area contributed by atoms with Crippen molar-refractivity contribution in [2.45, 2.75) is 19.6 Å². The third-order valence-electron chi connectivity index (χ3n) is 3.41. The first-order valence-corrected chi connectivity index (χ1v) is 7.58. The summed E-state index contributed by atoms with van der Waals surface area (Å²) in [7, 11) is 0.953. The van der Waals surface area contributed by atoms with Crippen LogP contribution in [0, 0.1) is 0 Å². The lowest BCUT2D eigenvalue weighted by Crippen LogP contribution is -2.40. The summed E-state index contributed by atoms with van der Waals surface area (Å²) in [5.41, 5.74) is -0.241. The van der Waals surface area contributed by atoms with Gasteiger partial charge in [-0.1, -0.05) is 11.6 Å². The Hall–Kier alpha value is -2.10. The fraction of sp³-hybridized carbons (Fsp3) is 0.333. The second kappa shape index (κ2) is 7.42. The Kier molecular flexibility index (Phi) is 5.71. The number of hydroxylamine groups is 1. The highest BCUT2D eigenvalue weighted by Gasteiger charge is 2.35. The van der Waals surface area contributed by atoms with Crippen LogP contribution in [0.4, 0.5) is 13.2 Å². The van der Waals surface area contributed by atoms with Gasteiger partial charge in [0, 0.05) is 24.7 Å². The van der Waals surface area contributed by atoms with Gasteiger partial charge in [0.2, 0.25) is 0 Å². The van der Waals surface area contributed by atoms with Crippen LogP contribution in [-0.2, 0) is 24.6 Å². The minimum absolute atomic E-state index is 0.108. The van der Waals surface area contributed by atoms with Crippen molar-refractivity contribution in [2.75, 3.05) is 6.61 Å². The molecule has 0 aliphatic carbocycles. The number of halogens is 4. The van der Waals surface area contributed by atoms with Crippen LogP contribution in [0.15, 0.2) is 33.9 Å². The maximum Gasteiger partial charge on any atom is 0.431 e. The average molecular weight is 378 g/mol. The summed E-state index contributed by atoms with van der Waals surface area (Å²) in [6.07, 6.45) is -4.81. The summed E-state index contributed by atoms with van der Waals surface area (Å²) in [5.74, 6) is 0. The van der Waals surface area contributed by atoms with E-state index >= 15 is 0 Å². The molecule has 0 spiro atoms. The molecule has 25 heavy (non-hydrogen) atoms. The van der Waals surface area contributed by atoms with Crippen LogP contribution in [0.2, 0.25) is 5.02 Å². The van der Waals surface area contributed by atoms with Crippen molar-refractivity contribution < 1.29 is 18.0 Å². The molecule has 0 atom stereocenters. The second-order valence-corrected chi connectivity index (χ2v) is 5.48. The van der Waals surface area contributed by atoms with Crippen molar-refractivity contribution in [3.8, 4) is 5.69 Å². The normalized spacial score (nSPS) is 11.8. The Balaban J connectivity index is 2.56. The quantitative estimate of drug-likeness (QED) is 0.641. The number of nitrogens with zero attached hydrogens (tertiary/aromatic N) is 2. The molecule has 1 heterocycles. The lowest BCUT2D eigenvalue weighted by Gasteiger charge is -2.15. The molecule has 0 unspecified atom stereocenters. The first kappa shape index (κ1) is 19.2. The fourth-order valence-corrected chi connectivity index (χ4v) is 2.39. The lowest BCUT2D eigenvalue weighted by molar-refractivity contribution is -0.144. The first-order valence-electron chi connectivity index (χ1n) is 7.20. The van der Waals surface area contributed by atoms with Crippen LogP contribution >= 0.6 is 11.6 Å². The average Bonchev–Trinajstić information content (AvgIpc) is 2.53. The van der Waals surface area contributed by atoms with Crippen LogP contribution in [0.1, 0.15) is 18.2 Å². The van der Waals surface area contributed by atoms with Gasteiger partial charge in [0.15, 0.2) is 0 Å². The van der Waals surface area contributed by atoms with Gasteiger partial charge in [0.1, 0.15) is 5.69 Å². The zero-order valence-corrected chi connectivity index (χ0v) is 14.1. The third-order valence-corrected chi connectivity index (χ3v) is 3.78. The number of alkyl halides is 3. The minimum atomic E-state index is -4.81. The SMILES string of the molecule is CCONCc1cc(-n2c(=O)cc(C(F)(F)F)n(C)c2=O)ccc1Cl. The van der Waals surface area contributed by atoms with Gasteiger partial charge in [0.25, 0.3) is 5.56 Å². The molecule has 0 aliphatic heterocycles. The summed E-state index contributed by atoms with van der Waals surface area (Å²) < 4.78 is 39.7. The highest BCUT2D eigenvalue weighted by molar-refractivity contribution is 6.31. The van der Waals surface area contributed by atoms with E-state index in [4.69, 9.17) is 16.4 Å². The van der Waals surface area contributed by atoms with E-state index in [-0.39, 0.29) is 12.2 Å². The molecule has 2 rings (SSSR count). The van der Waals surface area contributed by atoms with Gasteiger partial charge in [-0.25, -0.2) is 9.36 Å². The molecule has 0 aliphatic rings. The number of rotatable bonds is 5. The largest absolute Gasteiger partial charge is 0.431 e. The molecule has 0 fully saturated rings. The zero-order valence-electron chi connectivity index (χ0n) is 13.4. The summed E-state index contributed by atoms with van der Waals surface area (Å²) in [4.78, 5) is 29.3. The minimum Gasteiger partial charge on any atom is -0.302 e. The van der Waals surface area contributed by atoms with Crippen molar-refractivity contribution >= 4 is 11.6 Å².